The molecule has 6 nitrogen and oxygen atoms in total. The fourth-order valence-corrected chi connectivity index (χ4v) is 6.02. The van der Waals surface area contributed by atoms with Gasteiger partial charge in [0.1, 0.15) is 23.1 Å². The number of carbonyl (C=O) groups is 4. The minimum atomic E-state index is 0.315. The third kappa shape index (κ3) is 38.5. The Bertz CT molecular complexity index is 879. The normalized spacial score (nSPS) is 11.0. The number of nitrogens with zero attached hydrogens (tertiary/aromatic N) is 1. The van der Waals surface area contributed by atoms with Crippen LogP contribution in [0.15, 0.2) is 30.3 Å². The molecule has 0 saturated carbocycles. The van der Waals surface area contributed by atoms with Gasteiger partial charge in [0, 0.05) is 32.2 Å². The molecule has 0 aliphatic heterocycles. The molecule has 0 bridgehead atoms. The van der Waals surface area contributed by atoms with Crippen molar-refractivity contribution >= 4 is 23.1 Å². The molecule has 0 spiro atoms. The molecule has 0 fully saturated rings. The van der Waals surface area contributed by atoms with Crippen molar-refractivity contribution < 1.29 is 19.2 Å². The van der Waals surface area contributed by atoms with E-state index in [9.17, 15) is 19.2 Å². The predicted octanol–water partition coefficient (Wildman–Crippen LogP) is 10.8. The molecule has 0 aromatic heterocycles. The van der Waals surface area contributed by atoms with Crippen LogP contribution in [-0.2, 0) is 25.7 Å². The van der Waals surface area contributed by atoms with Gasteiger partial charge in [0.05, 0.1) is 0 Å². The standard InChI is InChI=1S/C25H41NO2.C18H35NO2/c1-23(27)16-10-5-3-7-14-20-26(22-25-18-12-9-13-19-25)21-15-8-4-6-11-17-24(2)28;1-17(20)13-9-5-3-7-11-15-19-16-12-8-4-6-10-14-18(2)21/h9,12-13,18-19H,3-8,10-11,14-17,20-22H2,1-2H3;19H,3-16H2,1-2H3. The lowest BCUT2D eigenvalue weighted by molar-refractivity contribution is -0.117. The molecule has 0 aliphatic rings. The third-order valence-electron chi connectivity index (χ3n) is 9.02. The minimum Gasteiger partial charge on any atom is -0.317 e. The molecular formula is C43H76N2O4. The summed E-state index contributed by atoms with van der Waals surface area (Å²) in [6.45, 7) is 12.3. The van der Waals surface area contributed by atoms with Crippen molar-refractivity contribution in [1.82, 2.24) is 10.2 Å². The van der Waals surface area contributed by atoms with E-state index in [2.05, 4.69) is 40.5 Å². The summed E-state index contributed by atoms with van der Waals surface area (Å²) in [5, 5.41) is 3.50. The summed E-state index contributed by atoms with van der Waals surface area (Å²) in [4.78, 5) is 46.1. The number of rotatable bonds is 34. The van der Waals surface area contributed by atoms with Crippen molar-refractivity contribution in [1.29, 1.82) is 0 Å². The van der Waals surface area contributed by atoms with Gasteiger partial charge in [-0.15, -0.1) is 0 Å². The zero-order valence-electron chi connectivity index (χ0n) is 32.5. The van der Waals surface area contributed by atoms with Crippen LogP contribution in [0.25, 0.3) is 0 Å². The first-order valence-corrected chi connectivity index (χ1v) is 20.2. The largest absolute Gasteiger partial charge is 0.317 e. The van der Waals surface area contributed by atoms with Crippen LogP contribution in [0.4, 0.5) is 0 Å². The second-order valence-electron chi connectivity index (χ2n) is 14.4. The number of Topliss-reactive ketones (excluding diaryl/α,β-unsaturated/α-hetero) is 4. The maximum atomic E-state index is 11.0. The monoisotopic (exact) mass is 685 g/mol. The average Bonchev–Trinajstić information content (AvgIpc) is 3.05. The third-order valence-corrected chi connectivity index (χ3v) is 9.02. The van der Waals surface area contributed by atoms with E-state index >= 15 is 0 Å². The number of carbonyl (C=O) groups excluding carboxylic acids is 4. The van der Waals surface area contributed by atoms with Crippen molar-refractivity contribution in [2.45, 2.75) is 188 Å². The highest BCUT2D eigenvalue weighted by molar-refractivity contribution is 5.76. The maximum absolute atomic E-state index is 11.0. The van der Waals surface area contributed by atoms with Crippen molar-refractivity contribution in [3.8, 4) is 0 Å². The molecule has 0 saturated heterocycles. The van der Waals surface area contributed by atoms with Gasteiger partial charge in [-0.25, -0.2) is 0 Å². The van der Waals surface area contributed by atoms with Crippen LogP contribution in [0.2, 0.25) is 0 Å². The smallest absolute Gasteiger partial charge is 0.129 e. The molecule has 1 aromatic rings. The first kappa shape index (κ1) is 46.8. The Morgan fingerprint density at radius 3 is 1.08 bits per heavy atom. The topological polar surface area (TPSA) is 83.6 Å². The number of hydrogen-bond donors (Lipinski definition) is 1. The number of nitrogens with one attached hydrogen (secondary N) is 1. The number of unbranched alkanes of at least 4 members (excludes halogenated alkanes) is 16. The number of ketones is 4. The molecule has 0 aliphatic carbocycles. The van der Waals surface area contributed by atoms with Gasteiger partial charge >= 0.3 is 0 Å². The Hall–Kier alpha value is -2.18. The van der Waals surface area contributed by atoms with Crippen LogP contribution < -0.4 is 5.32 Å². The Balaban J connectivity index is 0.000000983. The summed E-state index contributed by atoms with van der Waals surface area (Å²) in [5.41, 5.74) is 1.39. The molecule has 1 N–H and O–H groups in total. The van der Waals surface area contributed by atoms with Gasteiger partial charge in [0.15, 0.2) is 0 Å². The Morgan fingerprint density at radius 2 is 0.735 bits per heavy atom. The van der Waals surface area contributed by atoms with Crippen molar-refractivity contribution in [2.24, 2.45) is 0 Å². The van der Waals surface area contributed by atoms with E-state index in [0.717, 1.165) is 84.1 Å². The first-order chi connectivity index (χ1) is 23.7. The molecule has 0 unspecified atom stereocenters. The van der Waals surface area contributed by atoms with E-state index in [0.29, 0.717) is 23.1 Å². The van der Waals surface area contributed by atoms with Crippen molar-refractivity contribution in [3.05, 3.63) is 35.9 Å². The van der Waals surface area contributed by atoms with E-state index in [1.54, 1.807) is 27.7 Å². The van der Waals surface area contributed by atoms with E-state index in [1.807, 2.05) is 0 Å². The van der Waals surface area contributed by atoms with E-state index in [4.69, 9.17) is 0 Å². The summed E-state index contributed by atoms with van der Waals surface area (Å²) in [6.07, 6.45) is 27.0. The van der Waals surface area contributed by atoms with Crippen LogP contribution in [0, 0.1) is 0 Å². The van der Waals surface area contributed by atoms with Gasteiger partial charge in [-0.2, -0.15) is 0 Å². The molecular weight excluding hydrogens is 608 g/mol. The molecule has 0 amide bonds. The molecule has 1 aromatic carbocycles. The predicted molar refractivity (Wildman–Crippen MR) is 208 cm³/mol. The quantitative estimate of drug-likeness (QED) is 0.0728. The molecule has 6 heteroatoms. The highest BCUT2D eigenvalue weighted by Gasteiger charge is 2.06. The van der Waals surface area contributed by atoms with E-state index in [1.165, 1.54) is 108 Å². The van der Waals surface area contributed by atoms with Gasteiger partial charge in [0.2, 0.25) is 0 Å². The van der Waals surface area contributed by atoms with Gasteiger partial charge < -0.3 is 24.5 Å². The van der Waals surface area contributed by atoms with Crippen LogP contribution in [0.3, 0.4) is 0 Å². The molecule has 282 valence electrons. The lowest BCUT2D eigenvalue weighted by atomic mass is 10.1. The van der Waals surface area contributed by atoms with E-state index < -0.39 is 0 Å². The van der Waals surface area contributed by atoms with E-state index in [-0.39, 0.29) is 0 Å². The molecule has 49 heavy (non-hydrogen) atoms. The number of benzene rings is 1. The summed E-state index contributed by atoms with van der Waals surface area (Å²) in [5.74, 6) is 1.27. The molecule has 0 radical (unpaired) electrons. The van der Waals surface area contributed by atoms with Crippen molar-refractivity contribution in [2.75, 3.05) is 26.2 Å². The minimum absolute atomic E-state index is 0.315. The fraction of sp³-hybridized carbons (Fsp3) is 0.767. The first-order valence-electron chi connectivity index (χ1n) is 20.2. The summed E-state index contributed by atoms with van der Waals surface area (Å²) in [7, 11) is 0. The van der Waals surface area contributed by atoms with Gasteiger partial charge in [0.25, 0.3) is 0 Å². The van der Waals surface area contributed by atoms with Crippen LogP contribution in [0.5, 0.6) is 0 Å². The van der Waals surface area contributed by atoms with Crippen LogP contribution >= 0.6 is 0 Å². The van der Waals surface area contributed by atoms with Gasteiger partial charge in [-0.05, 0) is 111 Å². The lowest BCUT2D eigenvalue weighted by Gasteiger charge is -2.22. The zero-order chi connectivity index (χ0) is 36.2. The molecule has 1 rings (SSSR count). The van der Waals surface area contributed by atoms with Crippen LogP contribution in [-0.4, -0.2) is 54.2 Å². The van der Waals surface area contributed by atoms with Crippen molar-refractivity contribution in [3.63, 3.8) is 0 Å². The highest BCUT2D eigenvalue weighted by Crippen LogP contribution is 2.13. The van der Waals surface area contributed by atoms with Gasteiger partial charge in [-0.3, -0.25) is 4.90 Å². The highest BCUT2D eigenvalue weighted by atomic mass is 16.1. The Kier molecular flexibility index (Phi) is 34.1. The van der Waals surface area contributed by atoms with Crippen LogP contribution in [0.1, 0.15) is 187 Å². The second-order valence-corrected chi connectivity index (χ2v) is 14.4. The summed E-state index contributed by atoms with van der Waals surface area (Å²) >= 11 is 0. The average molecular weight is 685 g/mol. The zero-order valence-corrected chi connectivity index (χ0v) is 32.5. The Labute approximate surface area is 302 Å². The second kappa shape index (κ2) is 35.6. The summed E-state index contributed by atoms with van der Waals surface area (Å²) < 4.78 is 0. The van der Waals surface area contributed by atoms with Gasteiger partial charge in [-0.1, -0.05) is 107 Å². The molecule has 0 heterocycles. The maximum Gasteiger partial charge on any atom is 0.129 e. The SMILES string of the molecule is CC(=O)CCCCCCCN(CCCCCCCC(C)=O)Cc1ccccc1.CC(=O)CCCCCCCNCCCCCCCC(C)=O. The Morgan fingerprint density at radius 1 is 0.429 bits per heavy atom. The molecule has 0 atom stereocenters. The summed E-state index contributed by atoms with van der Waals surface area (Å²) in [6, 6.07) is 10.8. The lowest BCUT2D eigenvalue weighted by Crippen LogP contribution is -2.25. The number of hydrogen-bond acceptors (Lipinski definition) is 6. The fourth-order valence-electron chi connectivity index (χ4n) is 6.02.